The van der Waals surface area contributed by atoms with E-state index in [4.69, 9.17) is 0 Å². The molecule has 0 aromatic heterocycles. The second kappa shape index (κ2) is 14.8. The molecule has 220 valence electrons. The van der Waals surface area contributed by atoms with Gasteiger partial charge in [-0.25, -0.2) is 8.42 Å². The number of carbonyl (C=O) groups excluding carboxylic acids is 2. The van der Waals surface area contributed by atoms with E-state index in [-0.39, 0.29) is 31.3 Å². The normalized spacial score (nSPS) is 12.0. The maximum Gasteiger partial charge on any atom is 0.243 e. The fourth-order valence-electron chi connectivity index (χ4n) is 4.91. The highest BCUT2D eigenvalue weighted by Gasteiger charge is 2.30. The molecule has 0 saturated carbocycles. The second-order valence-corrected chi connectivity index (χ2v) is 12.7. The van der Waals surface area contributed by atoms with Crippen LogP contribution in [0.3, 0.4) is 0 Å². The molecule has 3 aromatic rings. The van der Waals surface area contributed by atoms with Crippen LogP contribution in [0, 0.1) is 20.8 Å². The van der Waals surface area contributed by atoms with Crippen molar-refractivity contribution >= 4 is 27.5 Å². The van der Waals surface area contributed by atoms with E-state index in [1.165, 1.54) is 10.6 Å². The third-order valence-electron chi connectivity index (χ3n) is 6.94. The minimum Gasteiger partial charge on any atom is -0.354 e. The maximum atomic E-state index is 13.9. The molecule has 0 radical (unpaired) electrons. The molecule has 2 amide bonds. The van der Waals surface area contributed by atoms with E-state index in [2.05, 4.69) is 5.32 Å². The van der Waals surface area contributed by atoms with Crippen molar-refractivity contribution in [3.63, 3.8) is 0 Å². The number of benzene rings is 3. The lowest BCUT2D eigenvalue weighted by Crippen LogP contribution is -2.50. The molecule has 1 atom stereocenters. The third-order valence-corrected chi connectivity index (χ3v) is 8.13. The minimum atomic E-state index is -3.56. The Morgan fingerprint density at radius 2 is 1.49 bits per heavy atom. The molecule has 1 N–H and O–H groups in total. The fourth-order valence-corrected chi connectivity index (χ4v) is 5.86. The lowest BCUT2D eigenvalue weighted by Gasteiger charge is -2.32. The van der Waals surface area contributed by atoms with Gasteiger partial charge in [-0.1, -0.05) is 73.2 Å². The van der Waals surface area contributed by atoms with Gasteiger partial charge in [0.25, 0.3) is 0 Å². The Morgan fingerprint density at radius 1 is 0.854 bits per heavy atom. The molecule has 0 aliphatic heterocycles. The molecule has 0 bridgehead atoms. The van der Waals surface area contributed by atoms with Crippen molar-refractivity contribution in [3.05, 3.63) is 101 Å². The molecule has 0 aliphatic carbocycles. The van der Waals surface area contributed by atoms with Crippen LogP contribution in [0.4, 0.5) is 5.69 Å². The van der Waals surface area contributed by atoms with Crippen LogP contribution in [0.1, 0.15) is 54.0 Å². The van der Waals surface area contributed by atoms with Gasteiger partial charge in [-0.2, -0.15) is 0 Å². The first-order valence-corrected chi connectivity index (χ1v) is 16.1. The summed E-state index contributed by atoms with van der Waals surface area (Å²) >= 11 is 0. The molecule has 0 fully saturated rings. The van der Waals surface area contributed by atoms with Crippen LogP contribution < -0.4 is 9.62 Å². The molecule has 8 heteroatoms. The smallest absolute Gasteiger partial charge is 0.243 e. The van der Waals surface area contributed by atoms with E-state index >= 15 is 0 Å². The largest absolute Gasteiger partial charge is 0.354 e. The van der Waals surface area contributed by atoms with Crippen molar-refractivity contribution in [3.8, 4) is 0 Å². The number of carbonyl (C=O) groups is 2. The molecule has 7 nitrogen and oxygen atoms in total. The summed E-state index contributed by atoms with van der Waals surface area (Å²) in [5, 5.41) is 2.99. The van der Waals surface area contributed by atoms with E-state index in [1.807, 2.05) is 100 Å². The predicted octanol–water partition coefficient (Wildman–Crippen LogP) is 5.32. The van der Waals surface area contributed by atoms with Crippen molar-refractivity contribution in [1.29, 1.82) is 0 Å². The number of nitrogens with one attached hydrogen (secondary N) is 1. The van der Waals surface area contributed by atoms with Crippen molar-refractivity contribution in [2.45, 2.75) is 66.0 Å². The number of rotatable bonds is 14. The standard InChI is InChI=1S/C33H43N3O4S/c1-6-18-34-33(38)31(23-28-11-8-7-9-12-28)35(24-29-16-14-25(2)15-17-29)32(37)13-10-19-36(41(5,39)40)30-21-26(3)20-27(4)22-30/h7-9,11-12,14-17,20-22,31H,6,10,13,18-19,23-24H2,1-5H3,(H,34,38)/t31-/m0/s1. The highest BCUT2D eigenvalue weighted by molar-refractivity contribution is 7.92. The Balaban J connectivity index is 1.87. The summed E-state index contributed by atoms with van der Waals surface area (Å²) in [4.78, 5) is 29.0. The first-order chi connectivity index (χ1) is 19.5. The summed E-state index contributed by atoms with van der Waals surface area (Å²) in [5.74, 6) is -0.379. The van der Waals surface area contributed by atoms with Crippen LogP contribution in [0.5, 0.6) is 0 Å². The number of aryl methyl sites for hydroxylation is 3. The predicted molar refractivity (Wildman–Crippen MR) is 166 cm³/mol. The number of amides is 2. The van der Waals surface area contributed by atoms with E-state index in [1.54, 1.807) is 4.90 Å². The SMILES string of the molecule is CCCNC(=O)[C@H](Cc1ccccc1)N(Cc1ccc(C)cc1)C(=O)CCCN(c1cc(C)cc(C)c1)S(C)(=O)=O. The zero-order chi connectivity index (χ0) is 30.0. The first-order valence-electron chi connectivity index (χ1n) is 14.2. The number of nitrogens with zero attached hydrogens (tertiary/aromatic N) is 2. The van der Waals surface area contributed by atoms with Crippen LogP contribution in [-0.4, -0.2) is 50.5 Å². The molecule has 3 rings (SSSR count). The molecular formula is C33H43N3O4S. The molecular weight excluding hydrogens is 534 g/mol. The van der Waals surface area contributed by atoms with Crippen molar-refractivity contribution in [1.82, 2.24) is 10.2 Å². The van der Waals surface area contributed by atoms with Crippen LogP contribution in [0.2, 0.25) is 0 Å². The Labute approximate surface area is 245 Å². The van der Waals surface area contributed by atoms with E-state index < -0.39 is 16.1 Å². The highest BCUT2D eigenvalue weighted by atomic mass is 32.2. The van der Waals surface area contributed by atoms with Crippen LogP contribution >= 0.6 is 0 Å². The Kier molecular flexibility index (Phi) is 11.5. The average molecular weight is 578 g/mol. The number of hydrogen-bond acceptors (Lipinski definition) is 4. The average Bonchev–Trinajstić information content (AvgIpc) is 2.91. The van der Waals surface area contributed by atoms with E-state index in [0.717, 1.165) is 34.2 Å². The van der Waals surface area contributed by atoms with Crippen LogP contribution in [0.15, 0.2) is 72.8 Å². The summed E-state index contributed by atoms with van der Waals surface area (Å²) in [7, 11) is -3.56. The zero-order valence-corrected chi connectivity index (χ0v) is 25.7. The molecule has 41 heavy (non-hydrogen) atoms. The first kappa shape index (κ1) is 31.9. The molecule has 0 spiro atoms. The molecule has 0 unspecified atom stereocenters. The maximum absolute atomic E-state index is 13.9. The van der Waals surface area contributed by atoms with E-state index in [0.29, 0.717) is 25.1 Å². The number of anilines is 1. The molecule has 0 saturated heterocycles. The van der Waals surface area contributed by atoms with Gasteiger partial charge in [-0.15, -0.1) is 0 Å². The third kappa shape index (κ3) is 9.74. The number of sulfonamides is 1. The van der Waals surface area contributed by atoms with Gasteiger partial charge in [0.05, 0.1) is 11.9 Å². The molecule has 0 aliphatic rings. The fraction of sp³-hybridized carbons (Fsp3) is 0.394. The van der Waals surface area contributed by atoms with Gasteiger partial charge in [-0.3, -0.25) is 13.9 Å². The minimum absolute atomic E-state index is 0.106. The summed E-state index contributed by atoms with van der Waals surface area (Å²) in [6.45, 7) is 8.83. The molecule has 0 heterocycles. The highest BCUT2D eigenvalue weighted by Crippen LogP contribution is 2.23. The van der Waals surface area contributed by atoms with Crippen LogP contribution in [0.25, 0.3) is 0 Å². The van der Waals surface area contributed by atoms with Crippen molar-refractivity contribution in [2.75, 3.05) is 23.7 Å². The van der Waals surface area contributed by atoms with Gasteiger partial charge < -0.3 is 10.2 Å². The van der Waals surface area contributed by atoms with E-state index in [9.17, 15) is 18.0 Å². The van der Waals surface area contributed by atoms with Gasteiger partial charge >= 0.3 is 0 Å². The van der Waals surface area contributed by atoms with Crippen molar-refractivity contribution in [2.24, 2.45) is 0 Å². The van der Waals surface area contributed by atoms with Gasteiger partial charge in [0.15, 0.2) is 0 Å². The monoisotopic (exact) mass is 577 g/mol. The Hall–Kier alpha value is -3.65. The van der Waals surface area contributed by atoms with Gasteiger partial charge in [0, 0.05) is 32.5 Å². The Morgan fingerprint density at radius 3 is 2.07 bits per heavy atom. The van der Waals surface area contributed by atoms with Gasteiger partial charge in [0.1, 0.15) is 6.04 Å². The van der Waals surface area contributed by atoms with Gasteiger partial charge in [0.2, 0.25) is 21.8 Å². The summed E-state index contributed by atoms with van der Waals surface area (Å²) < 4.78 is 26.8. The summed E-state index contributed by atoms with van der Waals surface area (Å²) in [5.41, 5.74) is 5.53. The molecule has 3 aromatic carbocycles. The lowest BCUT2D eigenvalue weighted by molar-refractivity contribution is -0.141. The van der Waals surface area contributed by atoms with Gasteiger partial charge in [-0.05, 0) is 68.0 Å². The second-order valence-electron chi connectivity index (χ2n) is 10.8. The summed E-state index contributed by atoms with van der Waals surface area (Å²) in [6.07, 6.45) is 2.78. The zero-order valence-electron chi connectivity index (χ0n) is 24.9. The topological polar surface area (TPSA) is 86.8 Å². The van der Waals surface area contributed by atoms with Crippen LogP contribution in [-0.2, 0) is 32.6 Å². The summed E-state index contributed by atoms with van der Waals surface area (Å²) in [6, 6.07) is 22.6. The lowest BCUT2D eigenvalue weighted by atomic mass is 10.0. The van der Waals surface area contributed by atoms with Crippen molar-refractivity contribution < 1.29 is 18.0 Å². The number of hydrogen-bond donors (Lipinski definition) is 1. The Bertz CT molecular complexity index is 1390. The quantitative estimate of drug-likeness (QED) is 0.281.